The molecule has 1 heterocycles. The number of allylic oxidation sites excluding steroid dienone is 2. The van der Waals surface area contributed by atoms with Crippen LogP contribution in [0, 0.1) is 11.3 Å². The highest BCUT2D eigenvalue weighted by Gasteiger charge is 2.04. The molecular formula is C25H25N3O. The molecule has 29 heavy (non-hydrogen) atoms. The molecule has 0 atom stereocenters. The molecule has 3 aromatic rings. The second-order valence-electron chi connectivity index (χ2n) is 6.76. The lowest BCUT2D eigenvalue weighted by Gasteiger charge is -2.06. The Kier molecular flexibility index (Phi) is 7.54. The number of rotatable bonds is 9. The first-order valence-corrected chi connectivity index (χ1v) is 10.0. The summed E-state index contributed by atoms with van der Waals surface area (Å²) in [5, 5.41) is 8.91. The molecule has 0 fully saturated rings. The molecular weight excluding hydrogens is 358 g/mol. The molecule has 0 aliphatic heterocycles. The van der Waals surface area contributed by atoms with Crippen LogP contribution in [0.2, 0.25) is 0 Å². The quantitative estimate of drug-likeness (QED) is 0.326. The minimum absolute atomic E-state index is 0.661. The van der Waals surface area contributed by atoms with Crippen molar-refractivity contribution in [3.63, 3.8) is 0 Å². The first-order chi connectivity index (χ1) is 14.3. The van der Waals surface area contributed by atoms with Crippen molar-refractivity contribution < 1.29 is 4.74 Å². The standard InChI is InChI=1S/C25H25N3O/c1-2-3-4-5-6-7-16-29-24-18-27-25(28-19-24)23-14-12-22(13-15-23)21-10-8-20(17-26)9-11-21/h4-5,8-15,18-19H,2-3,6-7,16H2,1H3. The van der Waals surface area contributed by atoms with Gasteiger partial charge in [0.1, 0.15) is 0 Å². The number of benzene rings is 2. The third-order valence-corrected chi connectivity index (χ3v) is 4.52. The SMILES string of the molecule is CCCC=CCCCOc1cnc(-c2ccc(-c3ccc(C#N)cc3)cc2)nc1. The Morgan fingerprint density at radius 1 is 0.862 bits per heavy atom. The minimum atomic E-state index is 0.661. The monoisotopic (exact) mass is 383 g/mol. The van der Waals surface area contributed by atoms with Gasteiger partial charge in [0.05, 0.1) is 30.6 Å². The Morgan fingerprint density at radius 3 is 2.07 bits per heavy atom. The van der Waals surface area contributed by atoms with E-state index in [0.29, 0.717) is 23.7 Å². The van der Waals surface area contributed by atoms with Gasteiger partial charge in [-0.05, 0) is 42.5 Å². The number of unbranched alkanes of at least 4 members (excludes halogenated alkanes) is 2. The second-order valence-corrected chi connectivity index (χ2v) is 6.76. The third-order valence-electron chi connectivity index (χ3n) is 4.52. The van der Waals surface area contributed by atoms with Crippen molar-refractivity contribution in [1.29, 1.82) is 5.26 Å². The molecule has 0 saturated carbocycles. The number of hydrogen-bond acceptors (Lipinski definition) is 4. The molecule has 0 spiro atoms. The summed E-state index contributed by atoms with van der Waals surface area (Å²) in [5.41, 5.74) is 3.78. The molecule has 0 amide bonds. The van der Waals surface area contributed by atoms with Crippen molar-refractivity contribution >= 4 is 0 Å². The van der Waals surface area contributed by atoms with E-state index in [0.717, 1.165) is 36.0 Å². The minimum Gasteiger partial charge on any atom is -0.490 e. The molecule has 4 heteroatoms. The molecule has 0 unspecified atom stereocenters. The molecule has 0 aliphatic carbocycles. The summed E-state index contributed by atoms with van der Waals surface area (Å²) in [4.78, 5) is 8.85. The van der Waals surface area contributed by atoms with E-state index < -0.39 is 0 Å². The fourth-order valence-corrected chi connectivity index (χ4v) is 2.88. The normalized spacial score (nSPS) is 10.8. The largest absolute Gasteiger partial charge is 0.490 e. The molecule has 0 saturated heterocycles. The van der Waals surface area contributed by atoms with Crippen LogP contribution in [0.15, 0.2) is 73.1 Å². The smallest absolute Gasteiger partial charge is 0.159 e. The van der Waals surface area contributed by atoms with Gasteiger partial charge in [-0.3, -0.25) is 0 Å². The van der Waals surface area contributed by atoms with Crippen LogP contribution in [-0.2, 0) is 0 Å². The first kappa shape index (κ1) is 20.3. The lowest BCUT2D eigenvalue weighted by atomic mass is 10.0. The van der Waals surface area contributed by atoms with Crippen molar-refractivity contribution in [2.45, 2.75) is 32.6 Å². The summed E-state index contributed by atoms with van der Waals surface area (Å²) >= 11 is 0. The topological polar surface area (TPSA) is 58.8 Å². The fourth-order valence-electron chi connectivity index (χ4n) is 2.88. The highest BCUT2D eigenvalue weighted by atomic mass is 16.5. The number of hydrogen-bond donors (Lipinski definition) is 0. The average Bonchev–Trinajstić information content (AvgIpc) is 2.79. The van der Waals surface area contributed by atoms with E-state index in [2.05, 4.69) is 35.1 Å². The Labute approximate surface area is 172 Å². The van der Waals surface area contributed by atoms with E-state index >= 15 is 0 Å². The highest BCUT2D eigenvalue weighted by molar-refractivity contribution is 5.68. The molecule has 0 bridgehead atoms. The van der Waals surface area contributed by atoms with E-state index in [-0.39, 0.29) is 0 Å². The summed E-state index contributed by atoms with van der Waals surface area (Å²) in [6, 6.07) is 17.8. The Morgan fingerprint density at radius 2 is 1.45 bits per heavy atom. The van der Waals surface area contributed by atoms with Crippen LogP contribution in [0.5, 0.6) is 5.75 Å². The van der Waals surface area contributed by atoms with Gasteiger partial charge < -0.3 is 4.74 Å². The van der Waals surface area contributed by atoms with Crippen molar-refractivity contribution in [1.82, 2.24) is 9.97 Å². The van der Waals surface area contributed by atoms with Crippen LogP contribution < -0.4 is 4.74 Å². The van der Waals surface area contributed by atoms with Gasteiger partial charge in [0.2, 0.25) is 0 Å². The molecule has 0 aliphatic rings. The van der Waals surface area contributed by atoms with Crippen LogP contribution in [-0.4, -0.2) is 16.6 Å². The number of aromatic nitrogens is 2. The third kappa shape index (κ3) is 6.02. The van der Waals surface area contributed by atoms with Crippen LogP contribution in [0.1, 0.15) is 38.2 Å². The van der Waals surface area contributed by atoms with E-state index in [4.69, 9.17) is 10.00 Å². The van der Waals surface area contributed by atoms with E-state index in [1.54, 1.807) is 12.4 Å². The fraction of sp³-hybridized carbons (Fsp3) is 0.240. The molecule has 0 N–H and O–H groups in total. The summed E-state index contributed by atoms with van der Waals surface area (Å²) < 4.78 is 5.72. The maximum absolute atomic E-state index is 8.91. The lowest BCUT2D eigenvalue weighted by molar-refractivity contribution is 0.309. The Balaban J connectivity index is 1.55. The molecule has 0 radical (unpaired) electrons. The lowest BCUT2D eigenvalue weighted by Crippen LogP contribution is -1.98. The number of nitriles is 1. The first-order valence-electron chi connectivity index (χ1n) is 10.0. The predicted octanol–water partition coefficient (Wildman–Crippen LogP) is 6.20. The van der Waals surface area contributed by atoms with Crippen LogP contribution in [0.4, 0.5) is 0 Å². The van der Waals surface area contributed by atoms with Gasteiger partial charge in [-0.2, -0.15) is 5.26 Å². The molecule has 4 nitrogen and oxygen atoms in total. The predicted molar refractivity (Wildman–Crippen MR) is 116 cm³/mol. The van der Waals surface area contributed by atoms with Crippen molar-refractivity contribution in [3.05, 3.63) is 78.6 Å². The number of nitrogens with zero attached hydrogens (tertiary/aromatic N) is 3. The van der Waals surface area contributed by atoms with E-state index in [9.17, 15) is 0 Å². The summed E-state index contributed by atoms with van der Waals surface area (Å²) in [6.07, 6.45) is 12.2. The van der Waals surface area contributed by atoms with Gasteiger partial charge in [0, 0.05) is 5.56 Å². The van der Waals surface area contributed by atoms with Gasteiger partial charge >= 0.3 is 0 Å². The van der Waals surface area contributed by atoms with Crippen LogP contribution in [0.3, 0.4) is 0 Å². The molecule has 146 valence electrons. The van der Waals surface area contributed by atoms with Gasteiger partial charge in [-0.1, -0.05) is 61.9 Å². The molecule has 3 rings (SSSR count). The van der Waals surface area contributed by atoms with Crippen molar-refractivity contribution in [2.75, 3.05) is 6.61 Å². The van der Waals surface area contributed by atoms with Crippen LogP contribution >= 0.6 is 0 Å². The van der Waals surface area contributed by atoms with E-state index in [1.165, 1.54) is 6.42 Å². The number of ether oxygens (including phenoxy) is 1. The highest BCUT2D eigenvalue weighted by Crippen LogP contribution is 2.24. The second kappa shape index (κ2) is 10.8. The summed E-state index contributed by atoms with van der Waals surface area (Å²) in [5.74, 6) is 1.37. The maximum atomic E-state index is 8.91. The summed E-state index contributed by atoms with van der Waals surface area (Å²) in [6.45, 7) is 2.85. The Bertz CT molecular complexity index is 953. The zero-order chi connectivity index (χ0) is 20.3. The Hall–Kier alpha value is -3.45. The van der Waals surface area contributed by atoms with Crippen molar-refractivity contribution in [2.24, 2.45) is 0 Å². The molecule has 1 aromatic heterocycles. The zero-order valence-corrected chi connectivity index (χ0v) is 16.7. The van der Waals surface area contributed by atoms with Crippen LogP contribution in [0.25, 0.3) is 22.5 Å². The van der Waals surface area contributed by atoms with Gasteiger partial charge in [-0.15, -0.1) is 0 Å². The maximum Gasteiger partial charge on any atom is 0.159 e. The van der Waals surface area contributed by atoms with Gasteiger partial charge in [0.15, 0.2) is 11.6 Å². The van der Waals surface area contributed by atoms with Gasteiger partial charge in [-0.25, -0.2) is 9.97 Å². The zero-order valence-electron chi connectivity index (χ0n) is 16.7. The van der Waals surface area contributed by atoms with E-state index in [1.807, 2.05) is 48.5 Å². The molecule has 2 aromatic carbocycles. The van der Waals surface area contributed by atoms with Crippen molar-refractivity contribution in [3.8, 4) is 34.3 Å². The summed E-state index contributed by atoms with van der Waals surface area (Å²) in [7, 11) is 0. The van der Waals surface area contributed by atoms with Gasteiger partial charge in [0.25, 0.3) is 0 Å². The average molecular weight is 383 g/mol.